The van der Waals surface area contributed by atoms with Crippen LogP contribution >= 0.6 is 0 Å². The number of Topliss-reactive ketones (excluding diaryl/α,β-unsaturated/α-hetero) is 1. The molecule has 0 atom stereocenters. The molecule has 0 aromatic heterocycles. The number of esters is 1. The van der Waals surface area contributed by atoms with Gasteiger partial charge < -0.3 is 9.47 Å². The molecule has 4 nitrogen and oxygen atoms in total. The van der Waals surface area contributed by atoms with Gasteiger partial charge in [-0.05, 0) is 35.4 Å². The van der Waals surface area contributed by atoms with Gasteiger partial charge in [0.15, 0.2) is 5.78 Å². The lowest BCUT2D eigenvalue weighted by atomic mass is 10.0. The van der Waals surface area contributed by atoms with Crippen LogP contribution in [0.5, 0.6) is 5.75 Å². The molecular weight excluding hydrogens is 268 g/mol. The summed E-state index contributed by atoms with van der Waals surface area (Å²) in [4.78, 5) is 23.1. The van der Waals surface area contributed by atoms with E-state index in [0.29, 0.717) is 18.4 Å². The molecule has 0 fully saturated rings. The van der Waals surface area contributed by atoms with E-state index in [1.54, 1.807) is 7.11 Å². The zero-order valence-electron chi connectivity index (χ0n) is 12.2. The summed E-state index contributed by atoms with van der Waals surface area (Å²) in [5.74, 6) is 0.546. The lowest BCUT2D eigenvalue weighted by Gasteiger charge is -2.05. The van der Waals surface area contributed by atoms with Gasteiger partial charge in [-0.3, -0.25) is 9.59 Å². The molecule has 0 amide bonds. The molecule has 0 saturated heterocycles. The molecule has 2 aromatic carbocycles. The van der Waals surface area contributed by atoms with Gasteiger partial charge in [-0.1, -0.05) is 18.2 Å². The predicted octanol–water partition coefficient (Wildman–Crippen LogP) is 3.37. The van der Waals surface area contributed by atoms with Crippen molar-refractivity contribution in [3.8, 4) is 5.75 Å². The number of ether oxygens (including phenoxy) is 2. The maximum absolute atomic E-state index is 12.1. The Hall–Kier alpha value is -2.36. The number of hydrogen-bond acceptors (Lipinski definition) is 4. The third-order valence-corrected chi connectivity index (χ3v) is 3.38. The van der Waals surface area contributed by atoms with Gasteiger partial charge in [0.25, 0.3) is 0 Å². The van der Waals surface area contributed by atoms with Crippen LogP contribution in [0.15, 0.2) is 36.4 Å². The Balaban J connectivity index is 2.08. The first-order valence-corrected chi connectivity index (χ1v) is 6.82. The molecule has 0 N–H and O–H groups in total. The van der Waals surface area contributed by atoms with Crippen molar-refractivity contribution in [3.05, 3.63) is 42.0 Å². The van der Waals surface area contributed by atoms with Crippen molar-refractivity contribution in [2.75, 3.05) is 14.2 Å². The van der Waals surface area contributed by atoms with Gasteiger partial charge in [0, 0.05) is 18.4 Å². The van der Waals surface area contributed by atoms with Crippen LogP contribution in [0.1, 0.15) is 29.6 Å². The molecule has 2 rings (SSSR count). The SMILES string of the molecule is COC(=O)CCCC(=O)c1ccc2cc(OC)ccc2c1. The van der Waals surface area contributed by atoms with Crippen LogP contribution in [0.25, 0.3) is 10.8 Å². The zero-order chi connectivity index (χ0) is 15.2. The van der Waals surface area contributed by atoms with Crippen molar-refractivity contribution in [1.29, 1.82) is 0 Å². The smallest absolute Gasteiger partial charge is 0.305 e. The molecule has 0 radical (unpaired) electrons. The standard InChI is InChI=1S/C17H18O4/c1-20-15-9-8-12-10-14(7-6-13(12)11-15)16(18)4-3-5-17(19)21-2/h6-11H,3-5H2,1-2H3. The molecule has 4 heteroatoms. The molecule has 0 aliphatic rings. The Bertz CT molecular complexity index is 661. The number of hydrogen-bond donors (Lipinski definition) is 0. The highest BCUT2D eigenvalue weighted by atomic mass is 16.5. The highest BCUT2D eigenvalue weighted by Gasteiger charge is 2.09. The molecule has 0 heterocycles. The van der Waals surface area contributed by atoms with Crippen molar-refractivity contribution in [2.45, 2.75) is 19.3 Å². The topological polar surface area (TPSA) is 52.6 Å². The maximum atomic E-state index is 12.1. The summed E-state index contributed by atoms with van der Waals surface area (Å²) in [5, 5.41) is 2.02. The van der Waals surface area contributed by atoms with Gasteiger partial charge in [-0.15, -0.1) is 0 Å². The number of ketones is 1. The highest BCUT2D eigenvalue weighted by molar-refractivity contribution is 6.00. The van der Waals surface area contributed by atoms with E-state index in [1.807, 2.05) is 36.4 Å². The molecule has 0 aliphatic carbocycles. The second-order valence-corrected chi connectivity index (χ2v) is 4.78. The Kier molecular flexibility index (Phi) is 4.93. The summed E-state index contributed by atoms with van der Waals surface area (Å²) in [6.45, 7) is 0. The first-order valence-electron chi connectivity index (χ1n) is 6.82. The largest absolute Gasteiger partial charge is 0.497 e. The van der Waals surface area contributed by atoms with E-state index < -0.39 is 0 Å². The second-order valence-electron chi connectivity index (χ2n) is 4.78. The van der Waals surface area contributed by atoms with Crippen LogP contribution in [0.2, 0.25) is 0 Å². The second kappa shape index (κ2) is 6.88. The fourth-order valence-electron chi connectivity index (χ4n) is 2.16. The Morgan fingerprint density at radius 3 is 2.38 bits per heavy atom. The third-order valence-electron chi connectivity index (χ3n) is 3.38. The van der Waals surface area contributed by atoms with Crippen LogP contribution in [0.3, 0.4) is 0 Å². The van der Waals surface area contributed by atoms with Gasteiger partial charge in [0.1, 0.15) is 5.75 Å². The number of rotatable bonds is 6. The maximum Gasteiger partial charge on any atom is 0.305 e. The van der Waals surface area contributed by atoms with Crippen LogP contribution < -0.4 is 4.74 Å². The van der Waals surface area contributed by atoms with E-state index >= 15 is 0 Å². The number of benzene rings is 2. The molecule has 21 heavy (non-hydrogen) atoms. The van der Waals surface area contributed by atoms with Crippen molar-refractivity contribution in [1.82, 2.24) is 0 Å². The minimum atomic E-state index is -0.284. The monoisotopic (exact) mass is 286 g/mol. The highest BCUT2D eigenvalue weighted by Crippen LogP contribution is 2.22. The van der Waals surface area contributed by atoms with Gasteiger partial charge in [0.2, 0.25) is 0 Å². The van der Waals surface area contributed by atoms with Crippen LogP contribution in [0, 0.1) is 0 Å². The Labute approximate surface area is 123 Å². The fourth-order valence-corrected chi connectivity index (χ4v) is 2.16. The van der Waals surface area contributed by atoms with Gasteiger partial charge in [-0.2, -0.15) is 0 Å². The summed E-state index contributed by atoms with van der Waals surface area (Å²) in [6.07, 6.45) is 1.12. The zero-order valence-corrected chi connectivity index (χ0v) is 12.2. The molecule has 0 spiro atoms. The summed E-state index contributed by atoms with van der Waals surface area (Å²) in [7, 11) is 2.97. The van der Waals surface area contributed by atoms with Gasteiger partial charge in [-0.25, -0.2) is 0 Å². The molecular formula is C17H18O4. The summed E-state index contributed by atoms with van der Waals surface area (Å²) in [5.41, 5.74) is 0.664. The van der Waals surface area contributed by atoms with Crippen molar-refractivity contribution >= 4 is 22.5 Å². The minimum Gasteiger partial charge on any atom is -0.497 e. The van der Waals surface area contributed by atoms with Crippen LogP contribution in [0.4, 0.5) is 0 Å². The van der Waals surface area contributed by atoms with Crippen molar-refractivity contribution in [2.24, 2.45) is 0 Å². The quantitative estimate of drug-likeness (QED) is 0.603. The first-order chi connectivity index (χ1) is 10.1. The number of methoxy groups -OCH3 is 2. The fraction of sp³-hybridized carbons (Fsp3) is 0.294. The van der Waals surface area contributed by atoms with Gasteiger partial charge in [0.05, 0.1) is 14.2 Å². The van der Waals surface area contributed by atoms with Crippen LogP contribution in [-0.4, -0.2) is 26.0 Å². The van der Waals surface area contributed by atoms with E-state index in [-0.39, 0.29) is 18.2 Å². The van der Waals surface area contributed by atoms with Crippen LogP contribution in [-0.2, 0) is 9.53 Å². The summed E-state index contributed by atoms with van der Waals surface area (Å²) >= 11 is 0. The van der Waals surface area contributed by atoms with Crippen molar-refractivity contribution in [3.63, 3.8) is 0 Å². The predicted molar refractivity (Wildman–Crippen MR) is 80.7 cm³/mol. The lowest BCUT2D eigenvalue weighted by Crippen LogP contribution is -2.03. The average Bonchev–Trinajstić information content (AvgIpc) is 2.53. The van der Waals surface area contributed by atoms with E-state index in [0.717, 1.165) is 16.5 Å². The third kappa shape index (κ3) is 3.81. The molecule has 0 unspecified atom stereocenters. The van der Waals surface area contributed by atoms with E-state index in [4.69, 9.17) is 4.74 Å². The number of carbonyl (C=O) groups is 2. The minimum absolute atomic E-state index is 0.0385. The average molecular weight is 286 g/mol. The van der Waals surface area contributed by atoms with E-state index in [1.165, 1.54) is 7.11 Å². The molecule has 0 aliphatic heterocycles. The first kappa shape index (κ1) is 15.0. The van der Waals surface area contributed by atoms with Crippen molar-refractivity contribution < 1.29 is 19.1 Å². The normalized spacial score (nSPS) is 10.4. The molecule has 110 valence electrons. The number of carbonyl (C=O) groups excluding carboxylic acids is 2. The molecule has 0 bridgehead atoms. The lowest BCUT2D eigenvalue weighted by molar-refractivity contribution is -0.140. The summed E-state index contributed by atoms with van der Waals surface area (Å²) < 4.78 is 9.73. The Morgan fingerprint density at radius 2 is 1.67 bits per heavy atom. The van der Waals surface area contributed by atoms with E-state index in [9.17, 15) is 9.59 Å². The van der Waals surface area contributed by atoms with Gasteiger partial charge >= 0.3 is 5.97 Å². The summed E-state index contributed by atoms with van der Waals surface area (Å²) in [6, 6.07) is 11.3. The number of fused-ring (bicyclic) bond motifs is 1. The molecule has 0 saturated carbocycles. The Morgan fingerprint density at radius 1 is 0.952 bits per heavy atom. The van der Waals surface area contributed by atoms with E-state index in [2.05, 4.69) is 4.74 Å². The molecule has 2 aromatic rings.